The Labute approximate surface area is 146 Å². The van der Waals surface area contributed by atoms with Crippen molar-refractivity contribution in [3.63, 3.8) is 0 Å². The Morgan fingerprint density at radius 2 is 2.32 bits per heavy atom. The zero-order chi connectivity index (χ0) is 18.1. The number of esters is 1. The highest BCUT2D eigenvalue weighted by atomic mass is 35.5. The lowest BCUT2D eigenvalue weighted by Crippen LogP contribution is -2.37. The van der Waals surface area contributed by atoms with Gasteiger partial charge in [0.05, 0.1) is 24.9 Å². The standard InChI is InChI=1S/C14H15ClN6O4/c1-2-25-13(22)10(21(23)24)7-3-4-8(5-7)20-6-17-9-11(15)18-14(16)19-12(9)20/h3-4,6-8,10H,2,5H2,1H3,(H2,16,18,19)/t7-,8-,10+/m0/s1. The molecule has 11 heteroatoms. The number of nitrogens with zero attached hydrogens (tertiary/aromatic N) is 5. The van der Waals surface area contributed by atoms with Crippen molar-refractivity contribution in [2.75, 3.05) is 12.3 Å². The Morgan fingerprint density at radius 3 is 3.00 bits per heavy atom. The number of aromatic nitrogens is 4. The summed E-state index contributed by atoms with van der Waals surface area (Å²) in [7, 11) is 0. The maximum Gasteiger partial charge on any atom is 0.382 e. The number of halogens is 1. The first-order chi connectivity index (χ1) is 11.9. The van der Waals surface area contributed by atoms with Crippen LogP contribution in [0.4, 0.5) is 5.95 Å². The van der Waals surface area contributed by atoms with E-state index in [0.717, 1.165) is 0 Å². The number of carbonyl (C=O) groups excluding carboxylic acids is 1. The van der Waals surface area contributed by atoms with Crippen LogP contribution in [-0.2, 0) is 9.53 Å². The van der Waals surface area contributed by atoms with E-state index in [4.69, 9.17) is 22.1 Å². The van der Waals surface area contributed by atoms with Gasteiger partial charge in [-0.15, -0.1) is 0 Å². The summed E-state index contributed by atoms with van der Waals surface area (Å²) in [5.74, 6) is -1.42. The number of anilines is 1. The van der Waals surface area contributed by atoms with Crippen LogP contribution in [-0.4, -0.2) is 43.1 Å². The lowest BCUT2D eigenvalue weighted by molar-refractivity contribution is -0.517. The van der Waals surface area contributed by atoms with Gasteiger partial charge in [0.25, 0.3) is 0 Å². The van der Waals surface area contributed by atoms with E-state index in [1.807, 2.05) is 0 Å². The number of nitrogen functional groups attached to an aromatic ring is 1. The lowest BCUT2D eigenvalue weighted by Gasteiger charge is -2.16. The quantitative estimate of drug-likeness (QED) is 0.275. The fourth-order valence-electron chi connectivity index (χ4n) is 2.93. The van der Waals surface area contributed by atoms with Gasteiger partial charge < -0.3 is 15.0 Å². The van der Waals surface area contributed by atoms with E-state index >= 15 is 0 Å². The largest absolute Gasteiger partial charge is 0.461 e. The van der Waals surface area contributed by atoms with Gasteiger partial charge >= 0.3 is 12.0 Å². The van der Waals surface area contributed by atoms with Crippen molar-refractivity contribution < 1.29 is 14.5 Å². The van der Waals surface area contributed by atoms with Crippen molar-refractivity contribution in [2.45, 2.75) is 25.4 Å². The van der Waals surface area contributed by atoms with Crippen molar-refractivity contribution in [1.82, 2.24) is 19.5 Å². The molecule has 3 atom stereocenters. The van der Waals surface area contributed by atoms with E-state index in [0.29, 0.717) is 17.6 Å². The van der Waals surface area contributed by atoms with E-state index in [1.165, 1.54) is 6.33 Å². The lowest BCUT2D eigenvalue weighted by atomic mass is 9.99. The third-order valence-electron chi connectivity index (χ3n) is 4.01. The van der Waals surface area contributed by atoms with Crippen molar-refractivity contribution in [3.8, 4) is 0 Å². The molecule has 0 aromatic carbocycles. The van der Waals surface area contributed by atoms with Crippen molar-refractivity contribution >= 4 is 34.7 Å². The van der Waals surface area contributed by atoms with Gasteiger partial charge in [0.15, 0.2) is 10.8 Å². The third-order valence-corrected chi connectivity index (χ3v) is 4.27. The summed E-state index contributed by atoms with van der Waals surface area (Å²) in [6, 6.07) is -1.71. The van der Waals surface area contributed by atoms with E-state index in [2.05, 4.69) is 15.0 Å². The highest BCUT2D eigenvalue weighted by Gasteiger charge is 2.42. The second kappa shape index (κ2) is 6.63. The van der Waals surface area contributed by atoms with Crippen LogP contribution >= 0.6 is 11.6 Å². The number of hydrogen-bond acceptors (Lipinski definition) is 8. The molecule has 0 aliphatic heterocycles. The molecule has 2 heterocycles. The van der Waals surface area contributed by atoms with E-state index in [1.54, 1.807) is 23.6 Å². The first-order valence-electron chi connectivity index (χ1n) is 7.56. The molecule has 0 fully saturated rings. The number of carbonyl (C=O) groups is 1. The Balaban J connectivity index is 1.87. The summed E-state index contributed by atoms with van der Waals surface area (Å²) in [6.45, 7) is 1.69. The van der Waals surface area contributed by atoms with Crippen molar-refractivity contribution in [2.24, 2.45) is 5.92 Å². The number of nitro groups is 1. The molecular formula is C14H15ClN6O4. The number of fused-ring (bicyclic) bond motifs is 1. The van der Waals surface area contributed by atoms with Gasteiger partial charge in [-0.1, -0.05) is 23.8 Å². The summed E-state index contributed by atoms with van der Waals surface area (Å²) in [5.41, 5.74) is 6.45. The minimum atomic E-state index is -1.45. The predicted molar refractivity (Wildman–Crippen MR) is 88.4 cm³/mol. The topological polar surface area (TPSA) is 139 Å². The minimum Gasteiger partial charge on any atom is -0.461 e. The van der Waals surface area contributed by atoms with Crippen molar-refractivity contribution in [1.29, 1.82) is 0 Å². The van der Waals surface area contributed by atoms with Crippen LogP contribution in [0, 0.1) is 16.0 Å². The molecule has 132 valence electrons. The molecule has 0 unspecified atom stereocenters. The summed E-state index contributed by atoms with van der Waals surface area (Å²) < 4.78 is 6.52. The zero-order valence-electron chi connectivity index (χ0n) is 13.2. The highest BCUT2D eigenvalue weighted by Crippen LogP contribution is 2.34. The number of ether oxygens (including phenoxy) is 1. The molecule has 0 saturated heterocycles. The van der Waals surface area contributed by atoms with Gasteiger partial charge in [-0.05, 0) is 13.3 Å². The van der Waals surface area contributed by atoms with Crippen LogP contribution in [0.25, 0.3) is 11.2 Å². The number of rotatable bonds is 5. The summed E-state index contributed by atoms with van der Waals surface area (Å²) in [6.07, 6.45) is 5.27. The summed E-state index contributed by atoms with van der Waals surface area (Å²) in [5, 5.41) is 11.4. The Morgan fingerprint density at radius 1 is 1.56 bits per heavy atom. The van der Waals surface area contributed by atoms with E-state index < -0.39 is 22.9 Å². The number of nitrogens with two attached hydrogens (primary N) is 1. The van der Waals surface area contributed by atoms with Crippen LogP contribution < -0.4 is 5.73 Å². The summed E-state index contributed by atoms with van der Waals surface area (Å²) in [4.78, 5) is 34.7. The van der Waals surface area contributed by atoms with Gasteiger partial charge in [-0.25, -0.2) is 9.78 Å². The van der Waals surface area contributed by atoms with E-state index in [9.17, 15) is 14.9 Å². The van der Waals surface area contributed by atoms with E-state index in [-0.39, 0.29) is 23.8 Å². The zero-order valence-corrected chi connectivity index (χ0v) is 14.0. The molecule has 0 radical (unpaired) electrons. The number of imidazole rings is 1. The second-order valence-corrected chi connectivity index (χ2v) is 5.89. The normalized spacial score (nSPS) is 20.7. The predicted octanol–water partition coefficient (Wildman–Crippen LogP) is 1.39. The monoisotopic (exact) mass is 366 g/mol. The molecular weight excluding hydrogens is 352 g/mol. The molecule has 10 nitrogen and oxygen atoms in total. The van der Waals surface area contributed by atoms with Crippen LogP contribution in [0.3, 0.4) is 0 Å². The maximum atomic E-state index is 11.9. The maximum absolute atomic E-state index is 11.9. The molecule has 25 heavy (non-hydrogen) atoms. The van der Waals surface area contributed by atoms with Crippen molar-refractivity contribution in [3.05, 3.63) is 33.7 Å². The van der Waals surface area contributed by atoms with Gasteiger partial charge in [-0.2, -0.15) is 9.97 Å². The molecule has 0 amide bonds. The smallest absolute Gasteiger partial charge is 0.382 e. The summed E-state index contributed by atoms with van der Waals surface area (Å²) >= 11 is 6.00. The van der Waals surface area contributed by atoms with Gasteiger partial charge in [0, 0.05) is 4.92 Å². The first-order valence-corrected chi connectivity index (χ1v) is 7.94. The minimum absolute atomic E-state index is 0.00691. The van der Waals surface area contributed by atoms with Crippen LogP contribution in [0.2, 0.25) is 5.15 Å². The Kier molecular flexibility index (Phi) is 4.53. The van der Waals surface area contributed by atoms with Gasteiger partial charge in [0.1, 0.15) is 5.52 Å². The second-order valence-electron chi connectivity index (χ2n) is 5.53. The third kappa shape index (κ3) is 3.12. The molecule has 0 bridgehead atoms. The molecule has 0 spiro atoms. The number of hydrogen-bond donors (Lipinski definition) is 1. The molecule has 3 rings (SSSR count). The first kappa shape index (κ1) is 17.1. The molecule has 2 aromatic rings. The highest BCUT2D eigenvalue weighted by molar-refractivity contribution is 6.33. The van der Waals surface area contributed by atoms with Gasteiger partial charge in [-0.3, -0.25) is 10.1 Å². The molecule has 1 aliphatic rings. The fraction of sp³-hybridized carbons (Fsp3) is 0.429. The number of allylic oxidation sites excluding steroid dienone is 1. The average molecular weight is 367 g/mol. The van der Waals surface area contributed by atoms with Crippen LogP contribution in [0.15, 0.2) is 18.5 Å². The molecule has 2 N–H and O–H groups in total. The molecule has 2 aromatic heterocycles. The Hall–Kier alpha value is -2.75. The Bertz CT molecular complexity index is 866. The van der Waals surface area contributed by atoms with Gasteiger partial charge in [0.2, 0.25) is 5.95 Å². The average Bonchev–Trinajstić information content (AvgIpc) is 3.14. The van der Waals surface area contributed by atoms with Crippen LogP contribution in [0.5, 0.6) is 0 Å². The fourth-order valence-corrected chi connectivity index (χ4v) is 3.15. The molecule has 0 saturated carbocycles. The SMILES string of the molecule is CCOC(=O)[C@@H]([C@H]1C=C[C@H](n2cnc3c(Cl)nc(N)nc32)C1)[N+](=O)[O-]. The van der Waals surface area contributed by atoms with Crippen LogP contribution in [0.1, 0.15) is 19.4 Å². The molecule has 1 aliphatic carbocycles.